The predicted molar refractivity (Wildman–Crippen MR) is 43.3 cm³/mol. The van der Waals surface area contributed by atoms with Gasteiger partial charge >= 0.3 is 5.97 Å². The van der Waals surface area contributed by atoms with Crippen LogP contribution < -0.4 is 0 Å². The van der Waals surface area contributed by atoms with Crippen molar-refractivity contribution in [1.29, 1.82) is 0 Å². The molecule has 0 bridgehead atoms. The Balaban J connectivity index is 2.50. The smallest absolute Gasteiger partial charge is 0.307 e. The highest BCUT2D eigenvalue weighted by molar-refractivity contribution is 5.71. The molecule has 0 aromatic carbocycles. The first kappa shape index (κ1) is 8.05. The number of rotatable bonds is 2. The number of aliphatic carboxylic acids is 1. The van der Waals surface area contributed by atoms with E-state index in [2.05, 4.69) is 13.0 Å². The average molecular weight is 152 g/mol. The zero-order valence-electron chi connectivity index (χ0n) is 6.58. The summed E-state index contributed by atoms with van der Waals surface area (Å²) in [7, 11) is 0. The molecule has 0 aromatic rings. The van der Waals surface area contributed by atoms with Crippen molar-refractivity contribution in [2.24, 2.45) is 5.92 Å². The zero-order valence-corrected chi connectivity index (χ0v) is 6.58. The van der Waals surface area contributed by atoms with Crippen LogP contribution in [0.15, 0.2) is 23.8 Å². The fourth-order valence-corrected chi connectivity index (χ4v) is 1.08. The van der Waals surface area contributed by atoms with Crippen LogP contribution in [-0.2, 0) is 4.79 Å². The van der Waals surface area contributed by atoms with Gasteiger partial charge in [-0.3, -0.25) is 4.79 Å². The van der Waals surface area contributed by atoms with E-state index in [1.807, 2.05) is 12.2 Å². The first-order valence-electron chi connectivity index (χ1n) is 3.77. The Morgan fingerprint density at radius 2 is 2.55 bits per heavy atom. The second-order valence-corrected chi connectivity index (χ2v) is 2.92. The lowest BCUT2D eigenvalue weighted by atomic mass is 9.97. The predicted octanol–water partition coefficient (Wildman–Crippen LogP) is 1.98. The van der Waals surface area contributed by atoms with Gasteiger partial charge in [-0.05, 0) is 17.9 Å². The van der Waals surface area contributed by atoms with Crippen LogP contribution in [0.25, 0.3) is 0 Å². The van der Waals surface area contributed by atoms with Gasteiger partial charge in [0, 0.05) is 0 Å². The van der Waals surface area contributed by atoms with E-state index in [1.165, 1.54) is 0 Å². The van der Waals surface area contributed by atoms with Gasteiger partial charge in [0.25, 0.3) is 0 Å². The monoisotopic (exact) mass is 152 g/mol. The van der Waals surface area contributed by atoms with E-state index >= 15 is 0 Å². The molecule has 0 radical (unpaired) electrons. The standard InChI is InChI=1S/C9H12O2/c1-7-2-4-8(5-3-7)6-9(10)11/h2,4-5,7H,3,6H2,1H3,(H,10,11). The molecular weight excluding hydrogens is 140 g/mol. The van der Waals surface area contributed by atoms with Gasteiger partial charge < -0.3 is 5.11 Å². The van der Waals surface area contributed by atoms with Crippen molar-refractivity contribution in [3.63, 3.8) is 0 Å². The number of hydrogen-bond donors (Lipinski definition) is 1. The molecule has 1 atom stereocenters. The third-order valence-corrected chi connectivity index (χ3v) is 1.75. The number of carbonyl (C=O) groups is 1. The molecule has 11 heavy (non-hydrogen) atoms. The maximum Gasteiger partial charge on any atom is 0.307 e. The maximum atomic E-state index is 10.3. The van der Waals surface area contributed by atoms with Crippen LogP contribution in [0.3, 0.4) is 0 Å². The topological polar surface area (TPSA) is 37.3 Å². The maximum absolute atomic E-state index is 10.3. The Bertz CT molecular complexity index is 214. The van der Waals surface area contributed by atoms with Crippen molar-refractivity contribution in [1.82, 2.24) is 0 Å². The van der Waals surface area contributed by atoms with E-state index in [-0.39, 0.29) is 6.42 Å². The largest absolute Gasteiger partial charge is 0.481 e. The summed E-state index contributed by atoms with van der Waals surface area (Å²) in [6, 6.07) is 0. The lowest BCUT2D eigenvalue weighted by molar-refractivity contribution is -0.136. The zero-order chi connectivity index (χ0) is 8.27. The summed E-state index contributed by atoms with van der Waals surface area (Å²) in [5.74, 6) is -0.192. The molecule has 0 saturated carbocycles. The van der Waals surface area contributed by atoms with E-state index in [0.717, 1.165) is 12.0 Å². The number of hydrogen-bond acceptors (Lipinski definition) is 1. The SMILES string of the molecule is CC1C=CC(CC(=O)O)=CC1. The van der Waals surface area contributed by atoms with Gasteiger partial charge in [0.1, 0.15) is 0 Å². The normalized spacial score (nSPS) is 23.0. The van der Waals surface area contributed by atoms with Crippen LogP contribution in [0.2, 0.25) is 0 Å². The van der Waals surface area contributed by atoms with Crippen LogP contribution >= 0.6 is 0 Å². The minimum absolute atomic E-state index is 0.156. The second-order valence-electron chi connectivity index (χ2n) is 2.92. The molecule has 0 spiro atoms. The van der Waals surface area contributed by atoms with E-state index < -0.39 is 5.97 Å². The molecule has 2 heteroatoms. The van der Waals surface area contributed by atoms with Gasteiger partial charge in [-0.2, -0.15) is 0 Å². The van der Waals surface area contributed by atoms with E-state index in [4.69, 9.17) is 5.11 Å². The van der Waals surface area contributed by atoms with Crippen molar-refractivity contribution < 1.29 is 9.90 Å². The Morgan fingerprint density at radius 3 is 3.00 bits per heavy atom. The molecule has 1 unspecified atom stereocenters. The van der Waals surface area contributed by atoms with Crippen LogP contribution in [0, 0.1) is 5.92 Å². The van der Waals surface area contributed by atoms with Crippen LogP contribution in [0.5, 0.6) is 0 Å². The molecule has 1 rings (SSSR count). The summed E-state index contributed by atoms with van der Waals surface area (Å²) < 4.78 is 0. The molecule has 0 aromatic heterocycles. The van der Waals surface area contributed by atoms with Gasteiger partial charge in [0.05, 0.1) is 6.42 Å². The van der Waals surface area contributed by atoms with Crippen molar-refractivity contribution in [3.8, 4) is 0 Å². The first-order valence-corrected chi connectivity index (χ1v) is 3.77. The highest BCUT2D eigenvalue weighted by Gasteiger charge is 2.05. The molecule has 0 saturated heterocycles. The molecule has 0 fully saturated rings. The van der Waals surface area contributed by atoms with Gasteiger partial charge in [-0.25, -0.2) is 0 Å². The van der Waals surface area contributed by atoms with Crippen molar-refractivity contribution in [2.75, 3.05) is 0 Å². The van der Waals surface area contributed by atoms with Crippen molar-refractivity contribution >= 4 is 5.97 Å². The Morgan fingerprint density at radius 1 is 1.82 bits per heavy atom. The average Bonchev–Trinajstić information content (AvgIpc) is 1.93. The minimum atomic E-state index is -0.754. The van der Waals surface area contributed by atoms with Gasteiger partial charge in [-0.1, -0.05) is 25.2 Å². The minimum Gasteiger partial charge on any atom is -0.481 e. The summed E-state index contributed by atoms with van der Waals surface area (Å²) in [6.07, 6.45) is 7.08. The molecular formula is C9H12O2. The van der Waals surface area contributed by atoms with E-state index in [0.29, 0.717) is 5.92 Å². The van der Waals surface area contributed by atoms with Crippen molar-refractivity contribution in [2.45, 2.75) is 19.8 Å². The summed E-state index contributed by atoms with van der Waals surface area (Å²) >= 11 is 0. The van der Waals surface area contributed by atoms with Crippen LogP contribution in [-0.4, -0.2) is 11.1 Å². The number of allylic oxidation sites excluding steroid dienone is 3. The third-order valence-electron chi connectivity index (χ3n) is 1.75. The molecule has 1 aliphatic carbocycles. The van der Waals surface area contributed by atoms with E-state index in [9.17, 15) is 4.79 Å². The summed E-state index contributed by atoms with van der Waals surface area (Å²) in [4.78, 5) is 10.3. The van der Waals surface area contributed by atoms with Crippen molar-refractivity contribution in [3.05, 3.63) is 23.8 Å². The van der Waals surface area contributed by atoms with Crippen LogP contribution in [0.4, 0.5) is 0 Å². The Kier molecular flexibility index (Phi) is 2.47. The van der Waals surface area contributed by atoms with E-state index in [1.54, 1.807) is 0 Å². The summed E-state index contributed by atoms with van der Waals surface area (Å²) in [5.41, 5.74) is 0.926. The molecule has 0 aliphatic heterocycles. The lowest BCUT2D eigenvalue weighted by Gasteiger charge is -2.09. The quantitative estimate of drug-likeness (QED) is 0.657. The number of carboxylic acid groups (broad SMARTS) is 1. The first-order chi connectivity index (χ1) is 5.18. The summed E-state index contributed by atoms with van der Waals surface area (Å²) in [6.45, 7) is 2.12. The molecule has 1 N–H and O–H groups in total. The fourth-order valence-electron chi connectivity index (χ4n) is 1.08. The molecule has 60 valence electrons. The molecule has 2 nitrogen and oxygen atoms in total. The Labute approximate surface area is 66.2 Å². The summed E-state index contributed by atoms with van der Waals surface area (Å²) in [5, 5.41) is 8.46. The van der Waals surface area contributed by atoms with Gasteiger partial charge in [0.15, 0.2) is 0 Å². The van der Waals surface area contributed by atoms with Crippen LogP contribution in [0.1, 0.15) is 19.8 Å². The number of carboxylic acids is 1. The van der Waals surface area contributed by atoms with Gasteiger partial charge in [-0.15, -0.1) is 0 Å². The lowest BCUT2D eigenvalue weighted by Crippen LogP contribution is -2.00. The fraction of sp³-hybridized carbons (Fsp3) is 0.444. The second kappa shape index (κ2) is 3.37. The Hall–Kier alpha value is -1.05. The molecule has 0 amide bonds. The highest BCUT2D eigenvalue weighted by atomic mass is 16.4. The highest BCUT2D eigenvalue weighted by Crippen LogP contribution is 2.17. The molecule has 0 heterocycles. The third kappa shape index (κ3) is 2.58. The molecule has 1 aliphatic rings. The van der Waals surface area contributed by atoms with Gasteiger partial charge in [0.2, 0.25) is 0 Å².